The standard InChI is InChI=1S/C13H12FNO2/c14-11-4-2-1-3-9(11)13(17)10-6-5-8(16)7-12(10)15/h1-7,13,16-17H,15H2. The number of phenolic OH excluding ortho intramolecular Hbond substituents is 1. The second kappa shape index (κ2) is 4.43. The summed E-state index contributed by atoms with van der Waals surface area (Å²) >= 11 is 0. The topological polar surface area (TPSA) is 66.5 Å². The lowest BCUT2D eigenvalue weighted by molar-refractivity contribution is 0.215. The number of rotatable bonds is 2. The molecule has 4 N–H and O–H groups in total. The molecule has 0 fully saturated rings. The summed E-state index contributed by atoms with van der Waals surface area (Å²) in [6, 6.07) is 10.1. The van der Waals surface area contributed by atoms with E-state index in [2.05, 4.69) is 0 Å². The maximum atomic E-state index is 13.5. The zero-order chi connectivity index (χ0) is 12.4. The molecular weight excluding hydrogens is 221 g/mol. The second-order valence-electron chi connectivity index (χ2n) is 3.74. The highest BCUT2D eigenvalue weighted by atomic mass is 19.1. The lowest BCUT2D eigenvalue weighted by atomic mass is 9.99. The van der Waals surface area contributed by atoms with Gasteiger partial charge in [-0.25, -0.2) is 4.39 Å². The number of hydrogen-bond donors (Lipinski definition) is 3. The minimum atomic E-state index is -1.14. The van der Waals surface area contributed by atoms with Crippen LogP contribution in [0.5, 0.6) is 5.75 Å². The summed E-state index contributed by atoms with van der Waals surface area (Å²) < 4.78 is 13.5. The highest BCUT2D eigenvalue weighted by molar-refractivity contribution is 5.54. The van der Waals surface area contributed by atoms with Crippen LogP contribution in [0.4, 0.5) is 10.1 Å². The van der Waals surface area contributed by atoms with Crippen molar-refractivity contribution in [2.24, 2.45) is 0 Å². The average Bonchev–Trinajstić information content (AvgIpc) is 2.29. The Kier molecular flexibility index (Phi) is 2.97. The molecule has 2 aromatic rings. The Balaban J connectivity index is 2.44. The van der Waals surface area contributed by atoms with E-state index in [1.165, 1.54) is 30.3 Å². The number of aliphatic hydroxyl groups is 1. The van der Waals surface area contributed by atoms with Gasteiger partial charge in [-0.2, -0.15) is 0 Å². The van der Waals surface area contributed by atoms with Crippen molar-refractivity contribution >= 4 is 5.69 Å². The van der Waals surface area contributed by atoms with Crippen molar-refractivity contribution in [3.8, 4) is 5.75 Å². The van der Waals surface area contributed by atoms with Crippen LogP contribution in [0.3, 0.4) is 0 Å². The van der Waals surface area contributed by atoms with Crippen LogP contribution in [0.1, 0.15) is 17.2 Å². The maximum Gasteiger partial charge on any atom is 0.129 e. The summed E-state index contributed by atoms with van der Waals surface area (Å²) in [7, 11) is 0. The molecule has 3 nitrogen and oxygen atoms in total. The molecule has 4 heteroatoms. The fourth-order valence-corrected chi connectivity index (χ4v) is 1.68. The minimum absolute atomic E-state index is 0.00647. The lowest BCUT2D eigenvalue weighted by Crippen LogP contribution is -2.05. The predicted octanol–water partition coefficient (Wildman–Crippen LogP) is 2.20. The first-order valence-electron chi connectivity index (χ1n) is 5.10. The van der Waals surface area contributed by atoms with Crippen LogP contribution >= 0.6 is 0 Å². The van der Waals surface area contributed by atoms with Crippen LogP contribution < -0.4 is 5.73 Å². The molecule has 1 atom stereocenters. The van der Waals surface area contributed by atoms with E-state index in [9.17, 15) is 14.6 Å². The van der Waals surface area contributed by atoms with E-state index in [1.807, 2.05) is 0 Å². The van der Waals surface area contributed by atoms with Gasteiger partial charge in [0, 0.05) is 22.9 Å². The van der Waals surface area contributed by atoms with E-state index < -0.39 is 11.9 Å². The smallest absolute Gasteiger partial charge is 0.129 e. The van der Waals surface area contributed by atoms with Crippen LogP contribution in [-0.4, -0.2) is 10.2 Å². The van der Waals surface area contributed by atoms with Gasteiger partial charge in [-0.05, 0) is 12.1 Å². The molecule has 0 aromatic heterocycles. The fraction of sp³-hybridized carbons (Fsp3) is 0.0769. The summed E-state index contributed by atoms with van der Waals surface area (Å²) in [5.41, 5.74) is 6.42. The Morgan fingerprint density at radius 1 is 1.06 bits per heavy atom. The Hall–Kier alpha value is -2.07. The third-order valence-electron chi connectivity index (χ3n) is 2.56. The molecule has 0 saturated carbocycles. The molecule has 0 saturated heterocycles. The normalized spacial score (nSPS) is 12.4. The molecule has 0 aliphatic heterocycles. The maximum absolute atomic E-state index is 13.5. The molecule has 2 aromatic carbocycles. The monoisotopic (exact) mass is 233 g/mol. The van der Waals surface area contributed by atoms with Gasteiger partial charge in [0.25, 0.3) is 0 Å². The highest BCUT2D eigenvalue weighted by Gasteiger charge is 2.16. The molecule has 0 amide bonds. The van der Waals surface area contributed by atoms with E-state index in [1.54, 1.807) is 12.1 Å². The van der Waals surface area contributed by atoms with Gasteiger partial charge in [0.05, 0.1) is 0 Å². The van der Waals surface area contributed by atoms with Crippen LogP contribution in [-0.2, 0) is 0 Å². The van der Waals surface area contributed by atoms with Gasteiger partial charge < -0.3 is 15.9 Å². The van der Waals surface area contributed by atoms with Crippen LogP contribution in [0.2, 0.25) is 0 Å². The first kappa shape index (κ1) is 11.4. The number of nitrogens with two attached hydrogens (primary N) is 1. The molecule has 88 valence electrons. The van der Waals surface area contributed by atoms with Gasteiger partial charge in [-0.1, -0.05) is 24.3 Å². The number of anilines is 1. The first-order chi connectivity index (χ1) is 8.09. The number of phenols is 1. The zero-order valence-electron chi connectivity index (χ0n) is 8.97. The number of aromatic hydroxyl groups is 1. The van der Waals surface area contributed by atoms with E-state index in [0.29, 0.717) is 5.56 Å². The summed E-state index contributed by atoms with van der Waals surface area (Å²) in [5.74, 6) is -0.487. The van der Waals surface area contributed by atoms with Crippen molar-refractivity contribution in [3.05, 3.63) is 59.4 Å². The number of halogens is 1. The molecule has 0 aliphatic carbocycles. The van der Waals surface area contributed by atoms with Crippen molar-refractivity contribution in [3.63, 3.8) is 0 Å². The summed E-state index contributed by atoms with van der Waals surface area (Å²) in [4.78, 5) is 0. The Morgan fingerprint density at radius 2 is 1.76 bits per heavy atom. The number of aliphatic hydroxyl groups excluding tert-OH is 1. The molecule has 0 aliphatic rings. The molecule has 0 bridgehead atoms. The van der Waals surface area contributed by atoms with Gasteiger partial charge in [-0.3, -0.25) is 0 Å². The SMILES string of the molecule is Nc1cc(O)ccc1C(O)c1ccccc1F. The van der Waals surface area contributed by atoms with Gasteiger partial charge in [-0.15, -0.1) is 0 Å². The Morgan fingerprint density at radius 3 is 2.41 bits per heavy atom. The molecular formula is C13H12FNO2. The number of benzene rings is 2. The Bertz CT molecular complexity index is 543. The summed E-state index contributed by atoms with van der Waals surface area (Å²) in [6.45, 7) is 0. The summed E-state index contributed by atoms with van der Waals surface area (Å²) in [5, 5.41) is 19.3. The van der Waals surface area contributed by atoms with Gasteiger partial charge in [0.15, 0.2) is 0 Å². The van der Waals surface area contributed by atoms with Gasteiger partial charge in [0.2, 0.25) is 0 Å². The van der Waals surface area contributed by atoms with Crippen LogP contribution in [0.25, 0.3) is 0 Å². The number of nitrogen functional groups attached to an aromatic ring is 1. The average molecular weight is 233 g/mol. The highest BCUT2D eigenvalue weighted by Crippen LogP contribution is 2.30. The predicted molar refractivity (Wildman–Crippen MR) is 63.0 cm³/mol. The molecule has 2 rings (SSSR count). The quantitative estimate of drug-likeness (QED) is 0.696. The minimum Gasteiger partial charge on any atom is -0.508 e. The first-order valence-corrected chi connectivity index (χ1v) is 5.10. The number of hydrogen-bond acceptors (Lipinski definition) is 3. The van der Waals surface area contributed by atoms with Crippen molar-refractivity contribution in [1.82, 2.24) is 0 Å². The molecule has 1 unspecified atom stereocenters. The Labute approximate surface area is 97.9 Å². The lowest BCUT2D eigenvalue weighted by Gasteiger charge is -2.14. The van der Waals surface area contributed by atoms with Gasteiger partial charge in [0.1, 0.15) is 17.7 Å². The van der Waals surface area contributed by atoms with Crippen LogP contribution in [0, 0.1) is 5.82 Å². The zero-order valence-corrected chi connectivity index (χ0v) is 8.97. The van der Waals surface area contributed by atoms with Crippen molar-refractivity contribution in [1.29, 1.82) is 0 Å². The second-order valence-corrected chi connectivity index (χ2v) is 3.74. The summed E-state index contributed by atoms with van der Waals surface area (Å²) in [6.07, 6.45) is -1.14. The van der Waals surface area contributed by atoms with Crippen molar-refractivity contribution < 1.29 is 14.6 Å². The van der Waals surface area contributed by atoms with E-state index in [-0.39, 0.29) is 17.0 Å². The van der Waals surface area contributed by atoms with Crippen LogP contribution in [0.15, 0.2) is 42.5 Å². The van der Waals surface area contributed by atoms with Crippen molar-refractivity contribution in [2.45, 2.75) is 6.10 Å². The molecule has 0 heterocycles. The third kappa shape index (κ3) is 2.21. The largest absolute Gasteiger partial charge is 0.508 e. The van der Waals surface area contributed by atoms with E-state index >= 15 is 0 Å². The van der Waals surface area contributed by atoms with Gasteiger partial charge >= 0.3 is 0 Å². The molecule has 17 heavy (non-hydrogen) atoms. The van der Waals surface area contributed by atoms with E-state index in [0.717, 1.165) is 0 Å². The fourth-order valence-electron chi connectivity index (χ4n) is 1.68. The molecule has 0 spiro atoms. The third-order valence-corrected chi connectivity index (χ3v) is 2.56. The van der Waals surface area contributed by atoms with Crippen molar-refractivity contribution in [2.75, 3.05) is 5.73 Å². The van der Waals surface area contributed by atoms with E-state index in [4.69, 9.17) is 5.73 Å². The molecule has 0 radical (unpaired) electrons.